The van der Waals surface area contributed by atoms with E-state index in [0.29, 0.717) is 18.0 Å². The number of amides is 1. The van der Waals surface area contributed by atoms with Gasteiger partial charge in [-0.05, 0) is 30.2 Å². The Morgan fingerprint density at radius 1 is 1.27 bits per heavy atom. The first-order chi connectivity index (χ1) is 12.5. The molecule has 0 aliphatic rings. The van der Waals surface area contributed by atoms with Crippen LogP contribution in [0.1, 0.15) is 5.56 Å². The van der Waals surface area contributed by atoms with Gasteiger partial charge in [0, 0.05) is 23.8 Å². The molecule has 0 aliphatic carbocycles. The minimum Gasteiger partial charge on any atom is -0.389 e. The van der Waals surface area contributed by atoms with Crippen molar-refractivity contribution in [3.63, 3.8) is 0 Å². The predicted molar refractivity (Wildman–Crippen MR) is 98.6 cm³/mol. The number of para-hydroxylation sites is 2. The van der Waals surface area contributed by atoms with E-state index in [9.17, 15) is 14.9 Å². The number of hydrogen-bond donors (Lipinski definition) is 2. The van der Waals surface area contributed by atoms with Gasteiger partial charge < -0.3 is 10.6 Å². The second-order valence-electron chi connectivity index (χ2n) is 5.23. The van der Waals surface area contributed by atoms with Crippen LogP contribution in [0.3, 0.4) is 0 Å². The van der Waals surface area contributed by atoms with E-state index < -0.39 is 10.8 Å². The summed E-state index contributed by atoms with van der Waals surface area (Å²) in [5.74, 6) is -0.725. The van der Waals surface area contributed by atoms with Crippen molar-refractivity contribution in [1.82, 2.24) is 5.32 Å². The van der Waals surface area contributed by atoms with Crippen molar-refractivity contribution in [2.24, 2.45) is 0 Å². The van der Waals surface area contributed by atoms with Crippen LogP contribution in [0.2, 0.25) is 5.02 Å². The van der Waals surface area contributed by atoms with E-state index in [0.717, 1.165) is 5.56 Å². The number of nitrogens with zero attached hydrogens (tertiary/aromatic N) is 2. The van der Waals surface area contributed by atoms with Gasteiger partial charge in [-0.15, -0.1) is 0 Å². The van der Waals surface area contributed by atoms with Crippen molar-refractivity contribution in [3.8, 4) is 6.07 Å². The summed E-state index contributed by atoms with van der Waals surface area (Å²) in [6, 6.07) is 14.9. The van der Waals surface area contributed by atoms with E-state index in [1.165, 1.54) is 24.4 Å². The molecular weight excluding hydrogens is 356 g/mol. The predicted octanol–water partition coefficient (Wildman–Crippen LogP) is 3.43. The number of halogens is 1. The largest absolute Gasteiger partial charge is 0.389 e. The van der Waals surface area contributed by atoms with Crippen LogP contribution in [0.25, 0.3) is 0 Å². The molecule has 2 N–H and O–H groups in total. The van der Waals surface area contributed by atoms with E-state index >= 15 is 0 Å². The summed E-state index contributed by atoms with van der Waals surface area (Å²) in [4.78, 5) is 22.5. The van der Waals surface area contributed by atoms with E-state index in [-0.39, 0.29) is 16.9 Å². The van der Waals surface area contributed by atoms with Crippen LogP contribution in [0, 0.1) is 21.4 Å². The van der Waals surface area contributed by atoms with E-state index in [4.69, 9.17) is 16.9 Å². The van der Waals surface area contributed by atoms with Crippen molar-refractivity contribution in [1.29, 1.82) is 5.26 Å². The van der Waals surface area contributed by atoms with E-state index in [2.05, 4.69) is 10.6 Å². The average Bonchev–Trinajstić information content (AvgIpc) is 2.62. The molecule has 0 saturated carbocycles. The molecule has 0 bridgehead atoms. The Balaban J connectivity index is 1.97. The topological polar surface area (TPSA) is 108 Å². The number of nitro groups is 1. The fourth-order valence-electron chi connectivity index (χ4n) is 2.16. The lowest BCUT2D eigenvalue weighted by Gasteiger charge is -2.06. The Kier molecular flexibility index (Phi) is 6.71. The lowest BCUT2D eigenvalue weighted by atomic mass is 10.1. The van der Waals surface area contributed by atoms with Crippen LogP contribution in [0.4, 0.5) is 11.4 Å². The monoisotopic (exact) mass is 370 g/mol. The second-order valence-corrected chi connectivity index (χ2v) is 5.67. The average molecular weight is 371 g/mol. The molecular formula is C18H15ClN4O3. The molecule has 0 fully saturated rings. The molecule has 132 valence electrons. The standard InChI is InChI=1S/C18H15ClN4O3/c19-15-5-3-4-13(10-15)8-9-21-12-14(11-20)18(24)22-16-6-1-2-7-17(16)23(25)26/h1-7,10,12,21H,8-9H2,(H,22,24)/b14-12-. The van der Waals surface area contributed by atoms with Crippen molar-refractivity contribution in [2.45, 2.75) is 6.42 Å². The summed E-state index contributed by atoms with van der Waals surface area (Å²) in [7, 11) is 0. The van der Waals surface area contributed by atoms with Crippen molar-refractivity contribution >= 4 is 28.9 Å². The Bertz CT molecular complexity index is 890. The lowest BCUT2D eigenvalue weighted by Crippen LogP contribution is -2.18. The third-order valence-corrected chi connectivity index (χ3v) is 3.64. The third kappa shape index (κ3) is 5.33. The summed E-state index contributed by atoms with van der Waals surface area (Å²) in [6.07, 6.45) is 1.94. The van der Waals surface area contributed by atoms with Gasteiger partial charge in [0.15, 0.2) is 0 Å². The summed E-state index contributed by atoms with van der Waals surface area (Å²) in [5, 5.41) is 26.0. The minimum atomic E-state index is -0.725. The molecule has 7 nitrogen and oxygen atoms in total. The van der Waals surface area contributed by atoms with E-state index in [1.807, 2.05) is 18.2 Å². The summed E-state index contributed by atoms with van der Waals surface area (Å²) in [6.45, 7) is 0.490. The number of carbonyl (C=O) groups is 1. The maximum atomic E-state index is 12.1. The van der Waals surface area contributed by atoms with Gasteiger partial charge in [0.25, 0.3) is 11.6 Å². The van der Waals surface area contributed by atoms with Gasteiger partial charge in [0.1, 0.15) is 17.3 Å². The molecule has 0 radical (unpaired) electrons. The maximum Gasteiger partial charge on any atom is 0.292 e. The maximum absolute atomic E-state index is 12.1. The Morgan fingerprint density at radius 3 is 2.73 bits per heavy atom. The Hall–Kier alpha value is -3.37. The second kappa shape index (κ2) is 9.20. The zero-order valence-corrected chi connectivity index (χ0v) is 14.4. The highest BCUT2D eigenvalue weighted by atomic mass is 35.5. The molecule has 0 saturated heterocycles. The van der Waals surface area contributed by atoms with Gasteiger partial charge in [-0.3, -0.25) is 14.9 Å². The van der Waals surface area contributed by atoms with Gasteiger partial charge in [-0.25, -0.2) is 0 Å². The molecule has 0 atom stereocenters. The minimum absolute atomic E-state index is 0.0302. The van der Waals surface area contributed by atoms with Gasteiger partial charge in [-0.1, -0.05) is 35.9 Å². The number of benzene rings is 2. The molecule has 2 aromatic rings. The first-order valence-electron chi connectivity index (χ1n) is 7.64. The van der Waals surface area contributed by atoms with Gasteiger partial charge in [-0.2, -0.15) is 5.26 Å². The number of hydrogen-bond acceptors (Lipinski definition) is 5. The number of carbonyl (C=O) groups excluding carboxylic acids is 1. The van der Waals surface area contributed by atoms with E-state index in [1.54, 1.807) is 18.2 Å². The third-order valence-electron chi connectivity index (χ3n) is 3.41. The molecule has 0 unspecified atom stereocenters. The molecule has 0 heterocycles. The molecule has 0 aliphatic heterocycles. The van der Waals surface area contributed by atoms with Crippen LogP contribution < -0.4 is 10.6 Å². The molecule has 0 aromatic heterocycles. The number of nitriles is 1. The smallest absolute Gasteiger partial charge is 0.292 e. The molecule has 26 heavy (non-hydrogen) atoms. The van der Waals surface area contributed by atoms with Gasteiger partial charge in [0.05, 0.1) is 4.92 Å². The van der Waals surface area contributed by atoms with Crippen LogP contribution in [0.15, 0.2) is 60.3 Å². The van der Waals surface area contributed by atoms with Crippen molar-refractivity contribution in [2.75, 3.05) is 11.9 Å². The highest BCUT2D eigenvalue weighted by Crippen LogP contribution is 2.23. The molecule has 8 heteroatoms. The summed E-state index contributed by atoms with van der Waals surface area (Å²) >= 11 is 5.91. The van der Waals surface area contributed by atoms with Crippen LogP contribution in [-0.2, 0) is 11.2 Å². The normalized spacial score (nSPS) is 10.7. The highest BCUT2D eigenvalue weighted by Gasteiger charge is 2.16. The summed E-state index contributed by atoms with van der Waals surface area (Å²) < 4.78 is 0. The fraction of sp³-hybridized carbons (Fsp3) is 0.111. The SMILES string of the molecule is N#C/C(=C/NCCc1cccc(Cl)c1)C(=O)Nc1ccccc1[N+](=O)[O-]. The van der Waals surface area contributed by atoms with Crippen molar-refractivity contribution < 1.29 is 9.72 Å². The van der Waals surface area contributed by atoms with Crippen LogP contribution in [0.5, 0.6) is 0 Å². The van der Waals surface area contributed by atoms with Crippen LogP contribution in [-0.4, -0.2) is 17.4 Å². The molecule has 2 rings (SSSR count). The first kappa shape index (κ1) is 19.0. The van der Waals surface area contributed by atoms with Crippen LogP contribution >= 0.6 is 11.6 Å². The first-order valence-corrected chi connectivity index (χ1v) is 8.02. The number of anilines is 1. The number of nitrogens with one attached hydrogen (secondary N) is 2. The fourth-order valence-corrected chi connectivity index (χ4v) is 2.37. The molecule has 0 spiro atoms. The zero-order valence-electron chi connectivity index (χ0n) is 13.6. The van der Waals surface area contributed by atoms with Crippen molar-refractivity contribution in [3.05, 3.63) is 81.0 Å². The Morgan fingerprint density at radius 2 is 2.04 bits per heavy atom. The number of rotatable bonds is 7. The lowest BCUT2D eigenvalue weighted by molar-refractivity contribution is -0.383. The quantitative estimate of drug-likeness (QED) is 0.255. The Labute approximate surface area is 155 Å². The highest BCUT2D eigenvalue weighted by molar-refractivity contribution is 6.30. The number of nitro benzene ring substituents is 1. The molecule has 1 amide bonds. The zero-order chi connectivity index (χ0) is 18.9. The molecule has 2 aromatic carbocycles. The van der Waals surface area contributed by atoms with Gasteiger partial charge in [0.2, 0.25) is 0 Å². The van der Waals surface area contributed by atoms with Gasteiger partial charge >= 0.3 is 0 Å². The summed E-state index contributed by atoms with van der Waals surface area (Å²) in [5.41, 5.74) is 0.616.